The second kappa shape index (κ2) is 4.95. The third kappa shape index (κ3) is 2.30. The molecule has 0 saturated heterocycles. The van der Waals surface area contributed by atoms with Gasteiger partial charge in [0.15, 0.2) is 5.69 Å². The number of thiophene rings is 1. The zero-order valence-electron chi connectivity index (χ0n) is 9.74. The van der Waals surface area contributed by atoms with E-state index in [1.807, 2.05) is 47.8 Å². The molecular formula is C14H9NO2S2. The molecule has 0 aliphatic heterocycles. The first-order valence-corrected chi connectivity index (χ1v) is 7.29. The Morgan fingerprint density at radius 2 is 1.89 bits per heavy atom. The first kappa shape index (κ1) is 12.1. The van der Waals surface area contributed by atoms with Gasteiger partial charge in [-0.15, -0.1) is 22.7 Å². The molecule has 1 N–H and O–H groups in total. The standard InChI is InChI=1S/C14H9NO2S2/c16-14(17)11-12(9-5-2-1-3-6-9)19-13(15-11)10-7-4-8-18-10/h1-8H,(H,16,17). The molecule has 2 heterocycles. The summed E-state index contributed by atoms with van der Waals surface area (Å²) < 4.78 is 0. The number of aromatic carboxylic acids is 1. The first-order chi connectivity index (χ1) is 9.25. The van der Waals surface area contributed by atoms with E-state index >= 15 is 0 Å². The second-order valence-electron chi connectivity index (χ2n) is 3.85. The molecule has 0 bridgehead atoms. The van der Waals surface area contributed by atoms with Crippen LogP contribution in [0.15, 0.2) is 47.8 Å². The summed E-state index contributed by atoms with van der Waals surface area (Å²) in [5.74, 6) is -0.988. The monoisotopic (exact) mass is 287 g/mol. The van der Waals surface area contributed by atoms with Crippen LogP contribution in [0.25, 0.3) is 20.3 Å². The van der Waals surface area contributed by atoms with Crippen LogP contribution in [0.1, 0.15) is 10.5 Å². The van der Waals surface area contributed by atoms with Gasteiger partial charge in [0.25, 0.3) is 0 Å². The van der Waals surface area contributed by atoms with Gasteiger partial charge in [0.2, 0.25) is 0 Å². The molecule has 5 heteroatoms. The molecule has 0 fully saturated rings. The van der Waals surface area contributed by atoms with Crippen LogP contribution in [-0.2, 0) is 0 Å². The minimum atomic E-state index is -0.988. The highest BCUT2D eigenvalue weighted by Crippen LogP contribution is 2.37. The van der Waals surface area contributed by atoms with Crippen LogP contribution in [-0.4, -0.2) is 16.1 Å². The Hall–Kier alpha value is -1.98. The molecule has 3 rings (SSSR count). The molecule has 0 aliphatic carbocycles. The lowest BCUT2D eigenvalue weighted by atomic mass is 10.1. The summed E-state index contributed by atoms with van der Waals surface area (Å²) in [6.07, 6.45) is 0. The highest BCUT2D eigenvalue weighted by Gasteiger charge is 2.19. The van der Waals surface area contributed by atoms with Gasteiger partial charge in [0.1, 0.15) is 5.01 Å². The van der Waals surface area contributed by atoms with Crippen molar-refractivity contribution in [1.29, 1.82) is 0 Å². The largest absolute Gasteiger partial charge is 0.476 e. The lowest BCUT2D eigenvalue weighted by Gasteiger charge is -1.97. The number of nitrogens with zero attached hydrogens (tertiary/aromatic N) is 1. The molecule has 0 saturated carbocycles. The van der Waals surface area contributed by atoms with Gasteiger partial charge in [-0.05, 0) is 17.0 Å². The van der Waals surface area contributed by atoms with Gasteiger partial charge in [0.05, 0.1) is 9.75 Å². The Balaban J connectivity index is 2.16. The Kier molecular flexibility index (Phi) is 3.15. The number of aromatic nitrogens is 1. The minimum absolute atomic E-state index is 0.125. The van der Waals surface area contributed by atoms with Gasteiger partial charge in [-0.1, -0.05) is 36.4 Å². The number of benzene rings is 1. The number of hydrogen-bond donors (Lipinski definition) is 1. The van der Waals surface area contributed by atoms with E-state index in [0.29, 0.717) is 4.88 Å². The summed E-state index contributed by atoms with van der Waals surface area (Å²) in [5, 5.41) is 12.0. The molecule has 94 valence electrons. The minimum Gasteiger partial charge on any atom is -0.476 e. The fourth-order valence-electron chi connectivity index (χ4n) is 1.76. The third-order valence-corrected chi connectivity index (χ3v) is 4.74. The van der Waals surface area contributed by atoms with E-state index in [9.17, 15) is 9.90 Å². The Bertz CT molecular complexity index is 702. The van der Waals surface area contributed by atoms with Gasteiger partial charge in [-0.3, -0.25) is 0 Å². The lowest BCUT2D eigenvalue weighted by Crippen LogP contribution is -1.98. The van der Waals surface area contributed by atoms with E-state index in [1.54, 1.807) is 11.3 Å². The van der Waals surface area contributed by atoms with Crippen molar-refractivity contribution < 1.29 is 9.90 Å². The van der Waals surface area contributed by atoms with Crippen LogP contribution in [0.4, 0.5) is 0 Å². The molecule has 0 aliphatic rings. The van der Waals surface area contributed by atoms with Crippen molar-refractivity contribution in [3.63, 3.8) is 0 Å². The summed E-state index contributed by atoms with van der Waals surface area (Å²) in [7, 11) is 0. The van der Waals surface area contributed by atoms with Crippen molar-refractivity contribution >= 4 is 28.6 Å². The van der Waals surface area contributed by atoms with Crippen molar-refractivity contribution in [2.75, 3.05) is 0 Å². The Morgan fingerprint density at radius 3 is 2.53 bits per heavy atom. The lowest BCUT2D eigenvalue weighted by molar-refractivity contribution is 0.0692. The normalized spacial score (nSPS) is 10.5. The Morgan fingerprint density at radius 1 is 1.11 bits per heavy atom. The highest BCUT2D eigenvalue weighted by atomic mass is 32.1. The van der Waals surface area contributed by atoms with E-state index in [2.05, 4.69) is 4.98 Å². The number of thiazole rings is 1. The van der Waals surface area contributed by atoms with Gasteiger partial charge in [-0.25, -0.2) is 9.78 Å². The first-order valence-electron chi connectivity index (χ1n) is 5.59. The summed E-state index contributed by atoms with van der Waals surface area (Å²) in [6.45, 7) is 0. The highest BCUT2D eigenvalue weighted by molar-refractivity contribution is 7.23. The quantitative estimate of drug-likeness (QED) is 0.784. The molecule has 0 atom stereocenters. The molecule has 3 aromatic rings. The van der Waals surface area contributed by atoms with E-state index < -0.39 is 5.97 Å². The summed E-state index contributed by atoms with van der Waals surface area (Å²) >= 11 is 2.98. The summed E-state index contributed by atoms with van der Waals surface area (Å²) in [4.78, 5) is 17.3. The van der Waals surface area contributed by atoms with E-state index in [-0.39, 0.29) is 5.69 Å². The summed E-state index contributed by atoms with van der Waals surface area (Å²) in [6, 6.07) is 13.4. The number of hydrogen-bond acceptors (Lipinski definition) is 4. The average Bonchev–Trinajstić information content (AvgIpc) is 3.08. The molecule has 19 heavy (non-hydrogen) atoms. The molecule has 0 amide bonds. The summed E-state index contributed by atoms with van der Waals surface area (Å²) in [5.41, 5.74) is 1.01. The molecular weight excluding hydrogens is 278 g/mol. The predicted molar refractivity (Wildman–Crippen MR) is 77.8 cm³/mol. The maximum Gasteiger partial charge on any atom is 0.356 e. The van der Waals surface area contributed by atoms with E-state index in [4.69, 9.17) is 0 Å². The van der Waals surface area contributed by atoms with Gasteiger partial charge >= 0.3 is 5.97 Å². The Labute approximate surface area is 117 Å². The smallest absolute Gasteiger partial charge is 0.356 e. The topological polar surface area (TPSA) is 50.2 Å². The predicted octanol–water partition coefficient (Wildman–Crippen LogP) is 4.24. The van der Waals surface area contributed by atoms with Crippen LogP contribution in [0.2, 0.25) is 0 Å². The molecule has 0 unspecified atom stereocenters. The average molecular weight is 287 g/mol. The van der Waals surface area contributed by atoms with Crippen molar-refractivity contribution in [2.45, 2.75) is 0 Å². The van der Waals surface area contributed by atoms with Gasteiger partial charge in [-0.2, -0.15) is 0 Å². The molecule has 3 nitrogen and oxygen atoms in total. The zero-order chi connectivity index (χ0) is 13.2. The number of carbonyl (C=O) groups is 1. The third-order valence-electron chi connectivity index (χ3n) is 2.60. The maximum absolute atomic E-state index is 11.3. The van der Waals surface area contributed by atoms with Crippen LogP contribution in [0.3, 0.4) is 0 Å². The van der Waals surface area contributed by atoms with Crippen LogP contribution in [0.5, 0.6) is 0 Å². The number of carboxylic acid groups (broad SMARTS) is 1. The van der Waals surface area contributed by atoms with Gasteiger partial charge in [0, 0.05) is 0 Å². The molecule has 0 spiro atoms. The van der Waals surface area contributed by atoms with Gasteiger partial charge < -0.3 is 5.11 Å². The fourth-order valence-corrected chi connectivity index (χ4v) is 3.62. The molecule has 1 aromatic carbocycles. The molecule has 0 radical (unpaired) electrons. The van der Waals surface area contributed by atoms with Crippen molar-refractivity contribution in [3.05, 3.63) is 53.5 Å². The fraction of sp³-hybridized carbons (Fsp3) is 0. The molecule has 2 aromatic heterocycles. The van der Waals surface area contributed by atoms with Crippen LogP contribution >= 0.6 is 22.7 Å². The van der Waals surface area contributed by atoms with Crippen LogP contribution < -0.4 is 0 Å². The SMILES string of the molecule is O=C(O)c1nc(-c2cccs2)sc1-c1ccccc1. The van der Waals surface area contributed by atoms with E-state index in [0.717, 1.165) is 15.4 Å². The van der Waals surface area contributed by atoms with Crippen molar-refractivity contribution in [1.82, 2.24) is 4.98 Å². The van der Waals surface area contributed by atoms with E-state index in [1.165, 1.54) is 11.3 Å². The second-order valence-corrected chi connectivity index (χ2v) is 5.79. The maximum atomic E-state index is 11.3. The number of carboxylic acids is 1. The zero-order valence-corrected chi connectivity index (χ0v) is 11.4. The van der Waals surface area contributed by atoms with Crippen molar-refractivity contribution in [2.24, 2.45) is 0 Å². The van der Waals surface area contributed by atoms with Crippen molar-refractivity contribution in [3.8, 4) is 20.3 Å². The number of rotatable bonds is 3. The van der Waals surface area contributed by atoms with Crippen LogP contribution in [0, 0.1) is 0 Å².